The highest BCUT2D eigenvalue weighted by atomic mass is 16.3. The molecule has 1 aromatic rings. The number of aliphatic hydroxyl groups excluding tert-OH is 1. The molecule has 1 aliphatic heterocycles. The molecule has 0 aromatic carbocycles. The molecular weight excluding hydrogens is 230 g/mol. The average molecular weight is 251 g/mol. The van der Waals surface area contributed by atoms with E-state index in [9.17, 15) is 5.11 Å². The van der Waals surface area contributed by atoms with Gasteiger partial charge in [-0.25, -0.2) is 0 Å². The van der Waals surface area contributed by atoms with Crippen molar-refractivity contribution in [3.05, 3.63) is 5.82 Å². The van der Waals surface area contributed by atoms with Crippen molar-refractivity contribution in [2.75, 3.05) is 18.0 Å². The van der Waals surface area contributed by atoms with E-state index in [0.717, 1.165) is 44.1 Å². The lowest BCUT2D eigenvalue weighted by atomic mass is 9.82. The Bertz CT molecular complexity index is 414. The number of piperidine rings is 1. The molecule has 2 fully saturated rings. The van der Waals surface area contributed by atoms with Crippen LogP contribution in [-0.4, -0.2) is 45.5 Å². The van der Waals surface area contributed by atoms with Crippen LogP contribution in [-0.2, 0) is 0 Å². The van der Waals surface area contributed by atoms with Gasteiger partial charge in [-0.05, 0) is 25.2 Å². The molecule has 1 saturated heterocycles. The predicted molar refractivity (Wildman–Crippen MR) is 68.3 cm³/mol. The maximum atomic E-state index is 9.31. The van der Waals surface area contributed by atoms with Gasteiger partial charge in [0.15, 0.2) is 0 Å². The Morgan fingerprint density at radius 3 is 2.89 bits per heavy atom. The normalized spacial score (nSPS) is 36.5. The molecule has 2 atom stereocenters. The van der Waals surface area contributed by atoms with Gasteiger partial charge in [0.25, 0.3) is 0 Å². The molecule has 1 saturated carbocycles. The first kappa shape index (κ1) is 11.9. The molecular formula is C12H21N5O. The standard InChI is InChI=1S/C12H21N5O/c1-7-2-3-17(6-10(7)13)12-14-11(15-16-12)8-4-9(18)5-8/h7-10,18H,2-6,13H2,1H3,(H,14,15,16). The predicted octanol–water partition coefficient (Wildman–Crippen LogP) is 0.216. The molecule has 0 amide bonds. The molecule has 6 heteroatoms. The molecule has 2 unspecified atom stereocenters. The number of nitrogens with two attached hydrogens (primary N) is 1. The maximum Gasteiger partial charge on any atom is 0.244 e. The summed E-state index contributed by atoms with van der Waals surface area (Å²) in [5, 5.41) is 16.6. The van der Waals surface area contributed by atoms with Crippen molar-refractivity contribution < 1.29 is 5.11 Å². The van der Waals surface area contributed by atoms with Crippen LogP contribution in [0.4, 0.5) is 5.95 Å². The fourth-order valence-corrected chi connectivity index (χ4v) is 2.68. The molecule has 1 aliphatic carbocycles. The SMILES string of the molecule is CC1CCN(c2n[nH]c(C3CC(O)C3)n2)CC1N. The van der Waals surface area contributed by atoms with Gasteiger partial charge >= 0.3 is 0 Å². The van der Waals surface area contributed by atoms with Crippen LogP contribution in [0.15, 0.2) is 0 Å². The first-order chi connectivity index (χ1) is 8.63. The third-order valence-electron chi connectivity index (χ3n) is 4.29. The zero-order valence-corrected chi connectivity index (χ0v) is 10.7. The second-order valence-electron chi connectivity index (χ2n) is 5.72. The van der Waals surface area contributed by atoms with Gasteiger partial charge in [0.2, 0.25) is 5.95 Å². The van der Waals surface area contributed by atoms with Crippen molar-refractivity contribution in [2.45, 2.75) is 44.2 Å². The maximum absolute atomic E-state index is 9.31. The van der Waals surface area contributed by atoms with Crippen molar-refractivity contribution in [1.29, 1.82) is 0 Å². The van der Waals surface area contributed by atoms with Gasteiger partial charge in [0.05, 0.1) is 6.10 Å². The lowest BCUT2D eigenvalue weighted by Crippen LogP contribution is -2.48. The van der Waals surface area contributed by atoms with Crippen LogP contribution in [0.25, 0.3) is 0 Å². The third kappa shape index (κ3) is 2.10. The fraction of sp³-hybridized carbons (Fsp3) is 0.833. The van der Waals surface area contributed by atoms with Gasteiger partial charge in [-0.2, -0.15) is 4.98 Å². The van der Waals surface area contributed by atoms with Crippen LogP contribution in [0.3, 0.4) is 0 Å². The zero-order valence-electron chi connectivity index (χ0n) is 10.7. The minimum absolute atomic E-state index is 0.159. The van der Waals surface area contributed by atoms with Gasteiger partial charge in [-0.15, -0.1) is 5.10 Å². The molecule has 3 rings (SSSR count). The minimum Gasteiger partial charge on any atom is -0.393 e. The second kappa shape index (κ2) is 4.51. The Hall–Kier alpha value is -1.14. The monoisotopic (exact) mass is 251 g/mol. The van der Waals surface area contributed by atoms with E-state index in [1.807, 2.05) is 0 Å². The summed E-state index contributed by atoms with van der Waals surface area (Å²) in [6, 6.07) is 0.200. The number of anilines is 1. The number of aliphatic hydroxyl groups is 1. The molecule has 0 spiro atoms. The molecule has 6 nitrogen and oxygen atoms in total. The summed E-state index contributed by atoms with van der Waals surface area (Å²) in [6.45, 7) is 3.99. The Kier molecular flexibility index (Phi) is 2.99. The molecule has 0 radical (unpaired) electrons. The largest absolute Gasteiger partial charge is 0.393 e. The molecule has 0 bridgehead atoms. The van der Waals surface area contributed by atoms with E-state index in [-0.39, 0.29) is 12.1 Å². The van der Waals surface area contributed by atoms with E-state index in [1.165, 1.54) is 0 Å². The number of H-pyrrole nitrogens is 1. The highest BCUT2D eigenvalue weighted by Crippen LogP contribution is 2.35. The topological polar surface area (TPSA) is 91.1 Å². The Morgan fingerprint density at radius 1 is 1.44 bits per heavy atom. The molecule has 4 N–H and O–H groups in total. The van der Waals surface area contributed by atoms with Crippen LogP contribution >= 0.6 is 0 Å². The number of nitrogens with one attached hydrogen (secondary N) is 1. The third-order valence-corrected chi connectivity index (χ3v) is 4.29. The quantitative estimate of drug-likeness (QED) is 0.699. The molecule has 18 heavy (non-hydrogen) atoms. The summed E-state index contributed by atoms with van der Waals surface area (Å²) in [5.74, 6) is 2.58. The minimum atomic E-state index is -0.159. The second-order valence-corrected chi connectivity index (χ2v) is 5.72. The molecule has 100 valence electrons. The van der Waals surface area contributed by atoms with Crippen molar-refractivity contribution >= 4 is 5.95 Å². The van der Waals surface area contributed by atoms with Gasteiger partial charge < -0.3 is 15.7 Å². The summed E-state index contributed by atoms with van der Waals surface area (Å²) >= 11 is 0. The molecule has 2 aliphatic rings. The Balaban J connectivity index is 1.66. The van der Waals surface area contributed by atoms with E-state index >= 15 is 0 Å². The smallest absolute Gasteiger partial charge is 0.244 e. The first-order valence-electron chi connectivity index (χ1n) is 6.74. The Morgan fingerprint density at radius 2 is 2.22 bits per heavy atom. The van der Waals surface area contributed by atoms with Crippen molar-refractivity contribution in [3.8, 4) is 0 Å². The first-order valence-corrected chi connectivity index (χ1v) is 6.74. The van der Waals surface area contributed by atoms with E-state index in [0.29, 0.717) is 11.8 Å². The van der Waals surface area contributed by atoms with Gasteiger partial charge in [-0.1, -0.05) is 6.92 Å². The van der Waals surface area contributed by atoms with Crippen LogP contribution < -0.4 is 10.6 Å². The summed E-state index contributed by atoms with van der Waals surface area (Å²) in [6.07, 6.45) is 2.52. The fourth-order valence-electron chi connectivity index (χ4n) is 2.68. The van der Waals surface area contributed by atoms with Gasteiger partial charge in [0, 0.05) is 25.0 Å². The number of hydrogen-bond acceptors (Lipinski definition) is 5. The van der Waals surface area contributed by atoms with Crippen LogP contribution in [0.5, 0.6) is 0 Å². The van der Waals surface area contributed by atoms with E-state index in [4.69, 9.17) is 5.73 Å². The van der Waals surface area contributed by atoms with Crippen LogP contribution in [0.2, 0.25) is 0 Å². The van der Waals surface area contributed by atoms with E-state index in [2.05, 4.69) is 27.0 Å². The number of aromatic amines is 1. The van der Waals surface area contributed by atoms with Gasteiger partial charge in [-0.3, -0.25) is 5.10 Å². The lowest BCUT2D eigenvalue weighted by molar-refractivity contribution is 0.0718. The summed E-state index contributed by atoms with van der Waals surface area (Å²) in [4.78, 5) is 6.69. The molecule has 1 aromatic heterocycles. The van der Waals surface area contributed by atoms with Gasteiger partial charge in [0.1, 0.15) is 5.82 Å². The van der Waals surface area contributed by atoms with Crippen molar-refractivity contribution in [1.82, 2.24) is 15.2 Å². The van der Waals surface area contributed by atoms with E-state index < -0.39 is 0 Å². The van der Waals surface area contributed by atoms with Crippen LogP contribution in [0, 0.1) is 5.92 Å². The number of hydrogen-bond donors (Lipinski definition) is 3. The Labute approximate surface area is 107 Å². The highest BCUT2D eigenvalue weighted by molar-refractivity contribution is 5.31. The van der Waals surface area contributed by atoms with Crippen molar-refractivity contribution in [2.24, 2.45) is 11.7 Å². The lowest BCUT2D eigenvalue weighted by Gasteiger charge is -2.34. The van der Waals surface area contributed by atoms with Crippen molar-refractivity contribution in [3.63, 3.8) is 0 Å². The number of rotatable bonds is 2. The average Bonchev–Trinajstić information content (AvgIpc) is 2.78. The van der Waals surface area contributed by atoms with E-state index in [1.54, 1.807) is 0 Å². The van der Waals surface area contributed by atoms with Crippen LogP contribution in [0.1, 0.15) is 37.9 Å². The highest BCUT2D eigenvalue weighted by Gasteiger charge is 2.32. The number of aromatic nitrogens is 3. The zero-order chi connectivity index (χ0) is 12.7. The summed E-state index contributed by atoms with van der Waals surface area (Å²) in [5.41, 5.74) is 6.09. The number of nitrogens with zero attached hydrogens (tertiary/aromatic N) is 3. The summed E-state index contributed by atoms with van der Waals surface area (Å²) < 4.78 is 0. The molecule has 2 heterocycles. The summed E-state index contributed by atoms with van der Waals surface area (Å²) in [7, 11) is 0.